The van der Waals surface area contributed by atoms with Gasteiger partial charge < -0.3 is 15.2 Å². The number of likely N-dealkylation sites (tertiary alicyclic amines) is 1. The highest BCUT2D eigenvalue weighted by atomic mass is 19.1. The highest BCUT2D eigenvalue weighted by molar-refractivity contribution is 5.98. The van der Waals surface area contributed by atoms with E-state index in [9.17, 15) is 9.18 Å². The number of carbonyl (C=O) groups excluding carboxylic acids is 1. The summed E-state index contributed by atoms with van der Waals surface area (Å²) in [6.45, 7) is 1.03. The number of aromatic nitrogens is 2. The first-order valence-corrected chi connectivity index (χ1v) is 10.9. The molecule has 0 aliphatic carbocycles. The van der Waals surface area contributed by atoms with Gasteiger partial charge in [-0.05, 0) is 53.4 Å². The zero-order valence-corrected chi connectivity index (χ0v) is 18.4. The van der Waals surface area contributed by atoms with Crippen molar-refractivity contribution in [3.8, 4) is 28.3 Å². The second-order valence-electron chi connectivity index (χ2n) is 8.54. The summed E-state index contributed by atoms with van der Waals surface area (Å²) in [6.07, 6.45) is 2.33. The van der Waals surface area contributed by atoms with Gasteiger partial charge in [-0.15, -0.1) is 0 Å². The van der Waals surface area contributed by atoms with Crippen molar-refractivity contribution >= 4 is 16.9 Å². The number of hydrogen-bond acceptors (Lipinski definition) is 4. The normalized spacial score (nSPS) is 15.6. The van der Waals surface area contributed by atoms with Crippen molar-refractivity contribution in [3.63, 3.8) is 0 Å². The molecule has 1 aliphatic heterocycles. The third-order valence-electron chi connectivity index (χ3n) is 6.28. The summed E-state index contributed by atoms with van der Waals surface area (Å²) in [5, 5.41) is 9.10. The van der Waals surface area contributed by atoms with E-state index in [0.717, 1.165) is 6.42 Å². The molecule has 34 heavy (non-hydrogen) atoms. The number of aryl methyl sites for hydroxylation is 1. The molecule has 6 nitrogen and oxygen atoms in total. The number of carbonyl (C=O) groups is 1. The number of imidazole rings is 1. The fraction of sp³-hybridized carbons (Fsp3) is 0.192. The molecule has 1 amide bonds. The van der Waals surface area contributed by atoms with Crippen LogP contribution in [0.4, 0.5) is 8.78 Å². The van der Waals surface area contributed by atoms with Crippen molar-refractivity contribution < 1.29 is 13.6 Å². The molecule has 170 valence electrons. The van der Waals surface area contributed by atoms with Crippen LogP contribution in [-0.4, -0.2) is 39.5 Å². The standard InChI is InChI=1S/C26H21F2N5O/c1-32-14-31-24-10-21(23(28)11-25(24)32)19-5-4-16(26(34)33-7-6-18(30)13-33)8-20(19)15-2-3-17(12-29)22(27)9-15/h2-5,8-11,14,18H,6-7,13,30H2,1H3/t18-/m0/s1. The molecule has 0 bridgehead atoms. The summed E-state index contributed by atoms with van der Waals surface area (Å²) in [5.74, 6) is -1.33. The number of halogens is 2. The highest BCUT2D eigenvalue weighted by Crippen LogP contribution is 2.37. The van der Waals surface area contributed by atoms with Gasteiger partial charge in [0.25, 0.3) is 5.91 Å². The van der Waals surface area contributed by atoms with Crippen molar-refractivity contribution in [1.29, 1.82) is 5.26 Å². The number of nitrogens with zero attached hydrogens (tertiary/aromatic N) is 4. The summed E-state index contributed by atoms with van der Waals surface area (Å²) in [6, 6.07) is 14.0. The lowest BCUT2D eigenvalue weighted by Gasteiger charge is -2.18. The van der Waals surface area contributed by atoms with Crippen LogP contribution in [0.1, 0.15) is 22.3 Å². The topological polar surface area (TPSA) is 87.9 Å². The van der Waals surface area contributed by atoms with Crippen LogP contribution in [0.3, 0.4) is 0 Å². The van der Waals surface area contributed by atoms with E-state index in [0.29, 0.717) is 46.4 Å². The number of hydrogen-bond donors (Lipinski definition) is 1. The highest BCUT2D eigenvalue weighted by Gasteiger charge is 2.26. The second-order valence-corrected chi connectivity index (χ2v) is 8.54. The Hall–Kier alpha value is -4.09. The Morgan fingerprint density at radius 2 is 1.91 bits per heavy atom. The lowest BCUT2D eigenvalue weighted by molar-refractivity contribution is 0.0791. The Labute approximate surface area is 194 Å². The summed E-state index contributed by atoms with van der Waals surface area (Å²) in [7, 11) is 1.78. The summed E-state index contributed by atoms with van der Waals surface area (Å²) in [5.41, 5.74) is 9.21. The third kappa shape index (κ3) is 3.70. The van der Waals surface area contributed by atoms with Gasteiger partial charge in [0.1, 0.15) is 17.7 Å². The van der Waals surface area contributed by atoms with Crippen molar-refractivity contribution in [1.82, 2.24) is 14.5 Å². The molecule has 0 saturated carbocycles. The molecular weight excluding hydrogens is 436 g/mol. The van der Waals surface area contributed by atoms with E-state index < -0.39 is 11.6 Å². The number of benzene rings is 3. The third-order valence-corrected chi connectivity index (χ3v) is 6.28. The number of fused-ring (bicyclic) bond motifs is 1. The Kier molecular flexibility index (Phi) is 5.34. The average molecular weight is 457 g/mol. The van der Waals surface area contributed by atoms with E-state index in [1.165, 1.54) is 18.2 Å². The van der Waals surface area contributed by atoms with E-state index in [1.54, 1.807) is 59.2 Å². The maximum atomic E-state index is 15.3. The van der Waals surface area contributed by atoms with Crippen LogP contribution in [0.5, 0.6) is 0 Å². The monoisotopic (exact) mass is 457 g/mol. The largest absolute Gasteiger partial charge is 0.337 e. The molecule has 1 saturated heterocycles. The number of nitriles is 1. The molecule has 1 fully saturated rings. The van der Waals surface area contributed by atoms with Gasteiger partial charge >= 0.3 is 0 Å². The van der Waals surface area contributed by atoms with Crippen LogP contribution in [0, 0.1) is 23.0 Å². The van der Waals surface area contributed by atoms with Crippen LogP contribution in [0.2, 0.25) is 0 Å². The maximum Gasteiger partial charge on any atom is 0.253 e. The number of nitrogens with two attached hydrogens (primary N) is 1. The molecule has 2 N–H and O–H groups in total. The summed E-state index contributed by atoms with van der Waals surface area (Å²) in [4.78, 5) is 19.1. The van der Waals surface area contributed by atoms with Crippen LogP contribution < -0.4 is 5.73 Å². The fourth-order valence-corrected chi connectivity index (χ4v) is 4.43. The first-order chi connectivity index (χ1) is 16.4. The molecule has 0 radical (unpaired) electrons. The van der Waals surface area contributed by atoms with Gasteiger partial charge in [-0.25, -0.2) is 13.8 Å². The molecule has 3 aromatic carbocycles. The molecule has 1 atom stereocenters. The first kappa shape index (κ1) is 21.7. The van der Waals surface area contributed by atoms with E-state index in [4.69, 9.17) is 11.0 Å². The Morgan fingerprint density at radius 3 is 2.62 bits per heavy atom. The molecule has 2 heterocycles. The zero-order valence-electron chi connectivity index (χ0n) is 18.4. The summed E-state index contributed by atoms with van der Waals surface area (Å²) < 4.78 is 31.5. The van der Waals surface area contributed by atoms with Crippen molar-refractivity contribution in [3.05, 3.63) is 77.6 Å². The lowest BCUT2D eigenvalue weighted by atomic mass is 9.91. The Morgan fingerprint density at radius 1 is 1.09 bits per heavy atom. The Bertz CT molecular complexity index is 1490. The molecule has 8 heteroatoms. The van der Waals surface area contributed by atoms with Gasteiger partial charge in [-0.3, -0.25) is 4.79 Å². The average Bonchev–Trinajstić information content (AvgIpc) is 3.43. The SMILES string of the molecule is Cn1cnc2cc(-c3ccc(C(=O)N4CC[C@H](N)C4)cc3-c3ccc(C#N)c(F)c3)c(F)cc21. The predicted octanol–water partition coefficient (Wildman–Crippen LogP) is 4.23. The van der Waals surface area contributed by atoms with Gasteiger partial charge in [0.05, 0.1) is 22.9 Å². The van der Waals surface area contributed by atoms with Crippen molar-refractivity contribution in [2.75, 3.05) is 13.1 Å². The van der Waals surface area contributed by atoms with E-state index in [-0.39, 0.29) is 23.1 Å². The lowest BCUT2D eigenvalue weighted by Crippen LogP contribution is -2.31. The minimum atomic E-state index is -0.686. The minimum absolute atomic E-state index is 0.0606. The van der Waals surface area contributed by atoms with E-state index in [2.05, 4.69) is 4.98 Å². The fourth-order valence-electron chi connectivity index (χ4n) is 4.43. The molecule has 1 aromatic heterocycles. The molecular formula is C26H21F2N5O. The maximum absolute atomic E-state index is 15.3. The van der Waals surface area contributed by atoms with E-state index in [1.807, 2.05) is 0 Å². The molecule has 1 aliphatic rings. The zero-order chi connectivity index (χ0) is 24.0. The summed E-state index contributed by atoms with van der Waals surface area (Å²) >= 11 is 0. The van der Waals surface area contributed by atoms with E-state index >= 15 is 4.39 Å². The Balaban J connectivity index is 1.69. The second kappa shape index (κ2) is 8.36. The van der Waals surface area contributed by atoms with Gasteiger partial charge in [0, 0.05) is 43.4 Å². The number of rotatable bonds is 3. The predicted molar refractivity (Wildman–Crippen MR) is 125 cm³/mol. The number of amides is 1. The van der Waals surface area contributed by atoms with Gasteiger partial charge in [-0.2, -0.15) is 5.26 Å². The van der Waals surface area contributed by atoms with Crippen LogP contribution in [0.25, 0.3) is 33.3 Å². The smallest absolute Gasteiger partial charge is 0.253 e. The van der Waals surface area contributed by atoms with Crippen molar-refractivity contribution in [2.24, 2.45) is 12.8 Å². The molecule has 0 unspecified atom stereocenters. The van der Waals surface area contributed by atoms with Gasteiger partial charge in [0.15, 0.2) is 0 Å². The molecule has 0 spiro atoms. The molecule has 5 rings (SSSR count). The van der Waals surface area contributed by atoms with Crippen LogP contribution in [-0.2, 0) is 7.05 Å². The first-order valence-electron chi connectivity index (χ1n) is 10.9. The van der Waals surface area contributed by atoms with Gasteiger partial charge in [0.2, 0.25) is 0 Å². The molecule has 4 aromatic rings. The van der Waals surface area contributed by atoms with Crippen LogP contribution >= 0.6 is 0 Å². The minimum Gasteiger partial charge on any atom is -0.337 e. The van der Waals surface area contributed by atoms with Gasteiger partial charge in [-0.1, -0.05) is 12.1 Å². The quantitative estimate of drug-likeness (QED) is 0.499. The van der Waals surface area contributed by atoms with Crippen molar-refractivity contribution in [2.45, 2.75) is 12.5 Å². The van der Waals surface area contributed by atoms with Crippen LogP contribution in [0.15, 0.2) is 54.9 Å².